The molecule has 0 atom stereocenters. The molecular weight excluding hydrogens is 530 g/mol. The number of ether oxygens (including phenoxy) is 1. The number of hydrazone groups is 1. The van der Waals surface area contributed by atoms with Gasteiger partial charge in [0.05, 0.1) is 11.1 Å². The topological polar surface area (TPSA) is 130 Å². The molecule has 10 nitrogen and oxygen atoms in total. The molecule has 0 aliphatic rings. The van der Waals surface area contributed by atoms with Crippen molar-refractivity contribution in [3.8, 4) is 5.75 Å². The van der Waals surface area contributed by atoms with Crippen molar-refractivity contribution in [1.82, 2.24) is 15.7 Å². The molecule has 3 aromatic carbocycles. The average Bonchev–Trinajstić information content (AvgIpc) is 3.00. The summed E-state index contributed by atoms with van der Waals surface area (Å²) >= 11 is 0. The second-order valence-corrected chi connectivity index (χ2v) is 10.3. The normalized spacial score (nSPS) is 11.1. The first kappa shape index (κ1) is 28.0. The lowest BCUT2D eigenvalue weighted by molar-refractivity contribution is -0.123. The summed E-state index contributed by atoms with van der Waals surface area (Å²) in [5, 5.41) is 6.72. The summed E-state index contributed by atoms with van der Waals surface area (Å²) in [7, 11) is -4.05. The molecule has 1 aromatic heterocycles. The molecule has 40 heavy (non-hydrogen) atoms. The zero-order valence-electron chi connectivity index (χ0n) is 21.4. The van der Waals surface area contributed by atoms with E-state index < -0.39 is 22.5 Å². The molecule has 0 bridgehead atoms. The van der Waals surface area contributed by atoms with Gasteiger partial charge in [-0.2, -0.15) is 5.10 Å². The molecular formula is C29H27N5O5S. The molecule has 0 unspecified atom stereocenters. The quantitative estimate of drug-likeness (QED) is 0.203. The maximum absolute atomic E-state index is 13.2. The van der Waals surface area contributed by atoms with Crippen LogP contribution in [0.2, 0.25) is 0 Å². The van der Waals surface area contributed by atoms with Gasteiger partial charge < -0.3 is 10.1 Å². The summed E-state index contributed by atoms with van der Waals surface area (Å²) in [5.74, 6) is -0.294. The number of rotatable bonds is 12. The number of hydrogen-bond acceptors (Lipinski definition) is 7. The van der Waals surface area contributed by atoms with Crippen molar-refractivity contribution in [2.45, 2.75) is 11.4 Å². The summed E-state index contributed by atoms with van der Waals surface area (Å²) in [4.78, 5) is 28.8. The fourth-order valence-electron chi connectivity index (χ4n) is 3.50. The van der Waals surface area contributed by atoms with Gasteiger partial charge in [-0.25, -0.2) is 23.1 Å². The molecule has 4 aromatic rings. The minimum Gasteiger partial charge on any atom is -0.484 e. The molecule has 0 fully saturated rings. The molecule has 0 aliphatic heterocycles. The fourth-order valence-corrected chi connectivity index (χ4v) is 4.90. The van der Waals surface area contributed by atoms with Crippen LogP contribution in [-0.4, -0.2) is 44.6 Å². The Bertz CT molecular complexity index is 1530. The van der Waals surface area contributed by atoms with Crippen LogP contribution < -0.4 is 19.8 Å². The summed E-state index contributed by atoms with van der Waals surface area (Å²) in [6.07, 6.45) is 2.86. The molecule has 11 heteroatoms. The zero-order valence-corrected chi connectivity index (χ0v) is 22.2. The highest BCUT2D eigenvalue weighted by atomic mass is 32.2. The van der Waals surface area contributed by atoms with Gasteiger partial charge in [0.1, 0.15) is 18.1 Å². The van der Waals surface area contributed by atoms with Gasteiger partial charge in [0.2, 0.25) is 0 Å². The minimum atomic E-state index is -4.05. The van der Waals surface area contributed by atoms with Crippen molar-refractivity contribution in [3.63, 3.8) is 0 Å². The van der Waals surface area contributed by atoms with Crippen molar-refractivity contribution in [2.75, 3.05) is 17.5 Å². The standard InChI is InChI=1S/C29H27N5O5S/c35-28(21-34(27-13-7-8-18-30-27)40(37,38)26-11-5-2-6-12-26)33-32-20-24-14-16-25(17-15-24)39-22-29(36)31-19-23-9-3-1-4-10-23/h1-18,20H,19,21-22H2,(H,31,36)(H,33,35)/b32-20-. The van der Waals surface area contributed by atoms with Crippen LogP contribution in [0.15, 0.2) is 119 Å². The van der Waals surface area contributed by atoms with E-state index in [-0.39, 0.29) is 23.2 Å². The van der Waals surface area contributed by atoms with Crippen molar-refractivity contribution < 1.29 is 22.7 Å². The van der Waals surface area contributed by atoms with E-state index in [9.17, 15) is 18.0 Å². The molecule has 2 N–H and O–H groups in total. The highest BCUT2D eigenvalue weighted by Crippen LogP contribution is 2.21. The Balaban J connectivity index is 1.29. The summed E-state index contributed by atoms with van der Waals surface area (Å²) in [6, 6.07) is 28.9. The SMILES string of the molecule is O=C(COc1ccc(/C=N\NC(=O)CN(c2ccccn2)S(=O)(=O)c2ccccc2)cc1)NCc1ccccc1. The predicted molar refractivity (Wildman–Crippen MR) is 151 cm³/mol. The first-order valence-corrected chi connectivity index (χ1v) is 13.7. The molecule has 1 heterocycles. The monoisotopic (exact) mass is 557 g/mol. The van der Waals surface area contributed by atoms with Crippen LogP contribution in [0.5, 0.6) is 5.75 Å². The van der Waals surface area contributed by atoms with Crippen LogP contribution in [0.4, 0.5) is 5.82 Å². The number of nitrogens with zero attached hydrogens (tertiary/aromatic N) is 3. The summed E-state index contributed by atoms with van der Waals surface area (Å²) < 4.78 is 32.9. The number of benzene rings is 3. The van der Waals surface area contributed by atoms with E-state index in [4.69, 9.17) is 4.74 Å². The maximum atomic E-state index is 13.2. The van der Waals surface area contributed by atoms with E-state index in [0.29, 0.717) is 17.9 Å². The van der Waals surface area contributed by atoms with E-state index in [0.717, 1.165) is 9.87 Å². The van der Waals surface area contributed by atoms with Crippen LogP contribution in [-0.2, 0) is 26.2 Å². The highest BCUT2D eigenvalue weighted by molar-refractivity contribution is 7.92. The number of hydrogen-bond donors (Lipinski definition) is 2. The Morgan fingerprint density at radius 2 is 1.52 bits per heavy atom. The Morgan fingerprint density at radius 3 is 2.20 bits per heavy atom. The third-order valence-electron chi connectivity index (χ3n) is 5.51. The fraction of sp³-hybridized carbons (Fsp3) is 0.103. The molecule has 2 amide bonds. The number of anilines is 1. The van der Waals surface area contributed by atoms with E-state index >= 15 is 0 Å². The lowest BCUT2D eigenvalue weighted by atomic mass is 10.2. The average molecular weight is 558 g/mol. The lowest BCUT2D eigenvalue weighted by Gasteiger charge is -2.22. The Labute approximate surface area is 232 Å². The lowest BCUT2D eigenvalue weighted by Crippen LogP contribution is -2.40. The largest absolute Gasteiger partial charge is 0.484 e. The first-order valence-electron chi connectivity index (χ1n) is 12.3. The van der Waals surface area contributed by atoms with Crippen LogP contribution in [0.3, 0.4) is 0 Å². The molecule has 0 saturated heterocycles. The van der Waals surface area contributed by atoms with Crippen molar-refractivity contribution >= 4 is 33.9 Å². The van der Waals surface area contributed by atoms with Gasteiger partial charge in [-0.3, -0.25) is 9.59 Å². The Morgan fingerprint density at radius 1 is 0.850 bits per heavy atom. The molecule has 204 valence electrons. The third kappa shape index (κ3) is 7.98. The first-order chi connectivity index (χ1) is 19.4. The van der Waals surface area contributed by atoms with E-state index in [1.165, 1.54) is 30.6 Å². The molecule has 4 rings (SSSR count). The van der Waals surface area contributed by atoms with Crippen LogP contribution in [0.25, 0.3) is 0 Å². The van der Waals surface area contributed by atoms with Gasteiger partial charge in [0.15, 0.2) is 6.61 Å². The van der Waals surface area contributed by atoms with Crippen molar-refractivity contribution in [2.24, 2.45) is 5.10 Å². The molecule has 0 spiro atoms. The van der Waals surface area contributed by atoms with Crippen molar-refractivity contribution in [3.05, 3.63) is 120 Å². The van der Waals surface area contributed by atoms with Gasteiger partial charge in [0.25, 0.3) is 21.8 Å². The molecule has 0 radical (unpaired) electrons. The number of aromatic nitrogens is 1. The maximum Gasteiger partial charge on any atom is 0.265 e. The number of amides is 2. The summed E-state index contributed by atoms with van der Waals surface area (Å²) in [5.41, 5.74) is 4.00. The van der Waals surface area contributed by atoms with Crippen LogP contribution in [0.1, 0.15) is 11.1 Å². The highest BCUT2D eigenvalue weighted by Gasteiger charge is 2.27. The van der Waals surface area contributed by atoms with E-state index in [2.05, 4.69) is 20.8 Å². The number of sulfonamides is 1. The van der Waals surface area contributed by atoms with Gasteiger partial charge in [-0.05, 0) is 59.7 Å². The number of nitrogens with one attached hydrogen (secondary N) is 2. The Kier molecular flexibility index (Phi) is 9.57. The number of carbonyl (C=O) groups is 2. The number of pyridine rings is 1. The zero-order chi connectivity index (χ0) is 28.2. The van der Waals surface area contributed by atoms with E-state index in [1.807, 2.05) is 30.3 Å². The van der Waals surface area contributed by atoms with Gasteiger partial charge in [0, 0.05) is 12.7 Å². The second kappa shape index (κ2) is 13.7. The van der Waals surface area contributed by atoms with Crippen LogP contribution >= 0.6 is 0 Å². The molecule has 0 saturated carbocycles. The molecule has 0 aliphatic carbocycles. The summed E-state index contributed by atoms with van der Waals surface area (Å²) in [6.45, 7) is -0.234. The van der Waals surface area contributed by atoms with Crippen LogP contribution in [0, 0.1) is 0 Å². The number of carbonyl (C=O) groups excluding carboxylic acids is 2. The second-order valence-electron chi connectivity index (χ2n) is 8.43. The van der Waals surface area contributed by atoms with Gasteiger partial charge in [-0.1, -0.05) is 54.6 Å². The third-order valence-corrected chi connectivity index (χ3v) is 7.27. The predicted octanol–water partition coefficient (Wildman–Crippen LogP) is 3.12. The minimum absolute atomic E-state index is 0.0351. The smallest absolute Gasteiger partial charge is 0.265 e. The van der Waals surface area contributed by atoms with Gasteiger partial charge >= 0.3 is 0 Å². The van der Waals surface area contributed by atoms with Gasteiger partial charge in [-0.15, -0.1) is 0 Å². The van der Waals surface area contributed by atoms with E-state index in [1.54, 1.807) is 54.6 Å². The van der Waals surface area contributed by atoms with Crippen molar-refractivity contribution in [1.29, 1.82) is 0 Å². The Hall–Kier alpha value is -5.03.